The lowest BCUT2D eigenvalue weighted by atomic mass is 10.0. The summed E-state index contributed by atoms with van der Waals surface area (Å²) in [6.45, 7) is 0.692. The van der Waals surface area contributed by atoms with Crippen molar-refractivity contribution in [3.05, 3.63) is 65.6 Å². The Morgan fingerprint density at radius 3 is 2.62 bits per heavy atom. The monoisotopic (exact) mass is 393 g/mol. The maximum atomic E-state index is 13.3. The smallest absolute Gasteiger partial charge is 0.277 e. The number of aromatic nitrogens is 3. The second-order valence-electron chi connectivity index (χ2n) is 7.81. The number of hydroxylamine groups is 1. The molecule has 2 saturated carbocycles. The van der Waals surface area contributed by atoms with Gasteiger partial charge in [-0.15, -0.1) is 0 Å². The van der Waals surface area contributed by atoms with Crippen LogP contribution in [0.1, 0.15) is 40.6 Å². The van der Waals surface area contributed by atoms with Crippen LogP contribution in [0.5, 0.6) is 0 Å². The Labute approximate surface area is 166 Å². The van der Waals surface area contributed by atoms with Crippen LogP contribution >= 0.6 is 0 Å². The summed E-state index contributed by atoms with van der Waals surface area (Å²) in [5.41, 5.74) is 3.57. The number of hydrogen-bond acceptors (Lipinski definition) is 6. The summed E-state index contributed by atoms with van der Waals surface area (Å²) in [5, 5.41) is 13.1. The highest BCUT2D eigenvalue weighted by atomic mass is 19.1. The van der Waals surface area contributed by atoms with E-state index in [1.807, 2.05) is 12.1 Å². The minimum atomic E-state index is -0.609. The number of hydrogen-bond donors (Lipinski definition) is 3. The number of pyridine rings is 1. The van der Waals surface area contributed by atoms with Crippen LogP contribution in [-0.4, -0.2) is 32.1 Å². The van der Waals surface area contributed by atoms with Crippen LogP contribution in [-0.2, 0) is 6.54 Å². The van der Waals surface area contributed by atoms with Gasteiger partial charge in [-0.05, 0) is 48.9 Å². The first-order valence-corrected chi connectivity index (χ1v) is 9.67. The number of nitrogens with zero attached hydrogens (tertiary/aromatic N) is 3. The van der Waals surface area contributed by atoms with Gasteiger partial charge in [0.25, 0.3) is 5.91 Å². The molecule has 3 N–H and O–H groups in total. The molecule has 2 aliphatic carbocycles. The fraction of sp³-hybridized carbons (Fsp3) is 0.333. The van der Waals surface area contributed by atoms with E-state index >= 15 is 0 Å². The fourth-order valence-electron chi connectivity index (χ4n) is 4.54. The van der Waals surface area contributed by atoms with Gasteiger partial charge in [-0.25, -0.2) is 19.8 Å². The third kappa shape index (κ3) is 3.45. The van der Waals surface area contributed by atoms with Crippen LogP contribution in [0.2, 0.25) is 0 Å². The average molecular weight is 393 g/mol. The first kappa shape index (κ1) is 18.1. The van der Waals surface area contributed by atoms with E-state index in [4.69, 9.17) is 5.21 Å². The molecule has 2 fully saturated rings. The van der Waals surface area contributed by atoms with Crippen molar-refractivity contribution in [2.45, 2.75) is 31.3 Å². The van der Waals surface area contributed by atoms with Crippen LogP contribution in [0, 0.1) is 17.7 Å². The van der Waals surface area contributed by atoms with Crippen LogP contribution in [0.25, 0.3) is 10.9 Å². The molecule has 2 heterocycles. The standard InChI is InChI=1S/C21H20FN5O2/c22-14-2-4-18-11(5-14)1-3-15(26-18)10-23-19-16-6-12(7-17(16)19)20-24-8-13(9-25-20)21(28)27-29/h1-5,8-9,12,16-17,19,23,29H,6-7,10H2,(H,27,28). The lowest BCUT2D eigenvalue weighted by Gasteiger charge is -2.14. The predicted molar refractivity (Wildman–Crippen MR) is 103 cm³/mol. The fourth-order valence-corrected chi connectivity index (χ4v) is 4.54. The predicted octanol–water partition coefficient (Wildman–Crippen LogP) is 2.56. The van der Waals surface area contributed by atoms with Gasteiger partial charge in [0.05, 0.1) is 16.8 Å². The number of fused-ring (bicyclic) bond motifs is 2. The molecule has 3 aromatic rings. The number of carbonyl (C=O) groups excluding carboxylic acids is 1. The SMILES string of the molecule is O=C(NO)c1cnc(C2CC3C(C2)C3NCc2ccc3cc(F)ccc3n2)nc1. The van der Waals surface area contributed by atoms with E-state index in [2.05, 4.69) is 20.3 Å². The number of amides is 1. The second kappa shape index (κ2) is 7.13. The van der Waals surface area contributed by atoms with Gasteiger partial charge in [0.15, 0.2) is 0 Å². The minimum absolute atomic E-state index is 0.240. The highest BCUT2D eigenvalue weighted by molar-refractivity contribution is 5.92. The molecule has 2 atom stereocenters. The highest BCUT2D eigenvalue weighted by Crippen LogP contribution is 2.57. The van der Waals surface area contributed by atoms with Crippen LogP contribution in [0.4, 0.5) is 4.39 Å². The van der Waals surface area contributed by atoms with Crippen molar-refractivity contribution in [3.63, 3.8) is 0 Å². The van der Waals surface area contributed by atoms with Crippen molar-refractivity contribution in [1.82, 2.24) is 25.7 Å². The van der Waals surface area contributed by atoms with Crippen molar-refractivity contribution in [2.75, 3.05) is 0 Å². The lowest BCUT2D eigenvalue weighted by Crippen LogP contribution is -2.22. The van der Waals surface area contributed by atoms with Crippen molar-refractivity contribution in [1.29, 1.82) is 0 Å². The van der Waals surface area contributed by atoms with E-state index in [0.717, 1.165) is 35.3 Å². The summed E-state index contributed by atoms with van der Waals surface area (Å²) in [4.78, 5) is 24.6. The second-order valence-corrected chi connectivity index (χ2v) is 7.81. The molecule has 2 unspecified atom stereocenters. The molecule has 0 spiro atoms. The van der Waals surface area contributed by atoms with E-state index in [0.29, 0.717) is 30.3 Å². The van der Waals surface area contributed by atoms with E-state index in [1.165, 1.54) is 24.5 Å². The quantitative estimate of drug-likeness (QED) is 0.455. The highest BCUT2D eigenvalue weighted by Gasteiger charge is 2.56. The number of halogens is 1. The Kier molecular flexibility index (Phi) is 4.44. The van der Waals surface area contributed by atoms with Crippen LogP contribution < -0.4 is 10.8 Å². The minimum Gasteiger partial charge on any atom is -0.308 e. The topological polar surface area (TPSA) is 100 Å². The van der Waals surface area contributed by atoms with E-state index in [9.17, 15) is 9.18 Å². The van der Waals surface area contributed by atoms with Crippen molar-refractivity contribution >= 4 is 16.8 Å². The molecule has 7 nitrogen and oxygen atoms in total. The number of nitrogens with one attached hydrogen (secondary N) is 2. The van der Waals surface area contributed by atoms with Crippen molar-refractivity contribution < 1.29 is 14.4 Å². The zero-order valence-corrected chi connectivity index (χ0v) is 15.5. The van der Waals surface area contributed by atoms with Crippen molar-refractivity contribution in [2.24, 2.45) is 11.8 Å². The Balaban J connectivity index is 1.16. The zero-order chi connectivity index (χ0) is 20.0. The molecular formula is C21H20FN5O2. The molecule has 1 amide bonds. The Hall–Kier alpha value is -2.97. The van der Waals surface area contributed by atoms with E-state index in [1.54, 1.807) is 11.5 Å². The largest absolute Gasteiger partial charge is 0.308 e. The molecule has 0 radical (unpaired) electrons. The summed E-state index contributed by atoms with van der Waals surface area (Å²) in [5.74, 6) is 1.43. The van der Waals surface area contributed by atoms with Gasteiger partial charge in [0, 0.05) is 36.3 Å². The normalized spacial score (nSPS) is 25.0. The number of benzene rings is 1. The van der Waals surface area contributed by atoms with Crippen LogP contribution in [0.15, 0.2) is 42.7 Å². The summed E-state index contributed by atoms with van der Waals surface area (Å²) in [7, 11) is 0. The Bertz CT molecular complexity index is 1060. The summed E-state index contributed by atoms with van der Waals surface area (Å²) in [6, 6.07) is 8.97. The Morgan fingerprint density at radius 1 is 1.14 bits per heavy atom. The summed E-state index contributed by atoms with van der Waals surface area (Å²) >= 11 is 0. The van der Waals surface area contributed by atoms with Crippen LogP contribution in [0.3, 0.4) is 0 Å². The van der Waals surface area contributed by atoms with Gasteiger partial charge in [-0.2, -0.15) is 0 Å². The van der Waals surface area contributed by atoms with Gasteiger partial charge in [0.2, 0.25) is 0 Å². The average Bonchev–Trinajstić information content (AvgIpc) is 3.20. The Morgan fingerprint density at radius 2 is 1.90 bits per heavy atom. The van der Waals surface area contributed by atoms with Gasteiger partial charge in [0.1, 0.15) is 11.6 Å². The molecule has 2 aliphatic rings. The molecule has 0 saturated heterocycles. The molecule has 5 rings (SSSR count). The number of carbonyl (C=O) groups is 1. The maximum Gasteiger partial charge on any atom is 0.277 e. The first-order valence-electron chi connectivity index (χ1n) is 9.67. The lowest BCUT2D eigenvalue weighted by molar-refractivity contribution is 0.0705. The molecule has 29 heavy (non-hydrogen) atoms. The van der Waals surface area contributed by atoms with Gasteiger partial charge < -0.3 is 5.32 Å². The van der Waals surface area contributed by atoms with Gasteiger partial charge >= 0.3 is 0 Å². The van der Waals surface area contributed by atoms with Gasteiger partial charge in [-0.1, -0.05) is 6.07 Å². The third-order valence-corrected chi connectivity index (χ3v) is 6.07. The maximum absolute atomic E-state index is 13.3. The van der Waals surface area contributed by atoms with E-state index < -0.39 is 5.91 Å². The van der Waals surface area contributed by atoms with Crippen molar-refractivity contribution in [3.8, 4) is 0 Å². The van der Waals surface area contributed by atoms with Gasteiger partial charge in [-0.3, -0.25) is 15.0 Å². The molecular weight excluding hydrogens is 373 g/mol. The molecule has 148 valence electrons. The third-order valence-electron chi connectivity index (χ3n) is 6.07. The summed E-state index contributed by atoms with van der Waals surface area (Å²) < 4.78 is 13.3. The molecule has 0 aliphatic heterocycles. The molecule has 8 heteroatoms. The zero-order valence-electron chi connectivity index (χ0n) is 15.5. The molecule has 0 bridgehead atoms. The molecule has 1 aromatic carbocycles. The first-order chi connectivity index (χ1) is 14.1. The number of rotatable bonds is 5. The molecule has 2 aromatic heterocycles. The summed E-state index contributed by atoms with van der Waals surface area (Å²) in [6.07, 6.45) is 4.95. The van der Waals surface area contributed by atoms with E-state index in [-0.39, 0.29) is 11.4 Å².